The molecule has 0 aliphatic carbocycles. The fraction of sp³-hybridized carbons (Fsp3) is 0. The van der Waals surface area contributed by atoms with Crippen molar-refractivity contribution in [3.05, 3.63) is 107 Å². The Kier molecular flexibility index (Phi) is 4.20. The van der Waals surface area contributed by atoms with Gasteiger partial charge in [-0.2, -0.15) is 0 Å². The number of fused-ring (bicyclic) bond motifs is 3. The van der Waals surface area contributed by atoms with E-state index >= 15 is 0 Å². The fourth-order valence-electron chi connectivity index (χ4n) is 3.51. The van der Waals surface area contributed by atoms with Crippen molar-refractivity contribution in [2.24, 2.45) is 0 Å². The van der Waals surface area contributed by atoms with Gasteiger partial charge >= 0.3 is 0 Å². The van der Waals surface area contributed by atoms with Gasteiger partial charge in [0.1, 0.15) is 5.69 Å². The summed E-state index contributed by atoms with van der Waals surface area (Å²) in [5, 5.41) is 2.43. The van der Waals surface area contributed by atoms with E-state index < -0.39 is 0 Å². The van der Waals surface area contributed by atoms with Gasteiger partial charge in [-0.15, -0.1) is 0 Å². The maximum Gasteiger partial charge on any atom is 0.127 e. The maximum atomic E-state index is 4.32. The fourth-order valence-corrected chi connectivity index (χ4v) is 3.87. The lowest BCUT2D eigenvalue weighted by molar-refractivity contribution is 1.18. The summed E-state index contributed by atoms with van der Waals surface area (Å²) in [7, 11) is 0. The number of pyridine rings is 1. The lowest BCUT2D eigenvalue weighted by Gasteiger charge is -2.07. The molecule has 0 bridgehead atoms. The van der Waals surface area contributed by atoms with Crippen LogP contribution in [0.4, 0.5) is 0 Å². The summed E-state index contributed by atoms with van der Waals surface area (Å²) in [6, 6.07) is 29.2. The molecule has 0 amide bonds. The molecular formula is C25H15BrN2. The molecule has 28 heavy (non-hydrogen) atoms. The molecule has 2 aromatic heterocycles. The molecule has 0 aliphatic rings. The number of nitrogens with zero attached hydrogens (tertiary/aromatic N) is 2. The molecule has 2 heterocycles. The largest absolute Gasteiger partial charge is 0.309 e. The molecular weight excluding hydrogens is 408 g/mol. The predicted octanol–water partition coefficient (Wildman–Crippen LogP) is 6.34. The summed E-state index contributed by atoms with van der Waals surface area (Å²) in [5.41, 5.74) is 5.25. The van der Waals surface area contributed by atoms with Crippen molar-refractivity contribution < 1.29 is 0 Å². The van der Waals surface area contributed by atoms with Gasteiger partial charge in [0.05, 0.1) is 15.5 Å². The van der Waals surface area contributed by atoms with Crippen LogP contribution in [0.2, 0.25) is 0 Å². The molecule has 0 N–H and O–H groups in total. The van der Waals surface area contributed by atoms with Crippen molar-refractivity contribution in [1.82, 2.24) is 9.55 Å². The van der Waals surface area contributed by atoms with Gasteiger partial charge in [-0.05, 0) is 70.4 Å². The highest BCUT2D eigenvalue weighted by Gasteiger charge is 2.11. The average Bonchev–Trinajstić information content (AvgIpc) is 3.08. The van der Waals surface area contributed by atoms with E-state index in [0.29, 0.717) is 0 Å². The number of halogens is 1. The Morgan fingerprint density at radius 3 is 2.36 bits per heavy atom. The van der Waals surface area contributed by atoms with Crippen LogP contribution in [0.15, 0.2) is 95.6 Å². The summed E-state index contributed by atoms with van der Waals surface area (Å²) >= 11 is 3.50. The first-order valence-corrected chi connectivity index (χ1v) is 9.82. The molecule has 5 rings (SSSR count). The molecule has 0 unspecified atom stereocenters. The number of aromatic nitrogens is 2. The zero-order valence-corrected chi connectivity index (χ0v) is 16.5. The van der Waals surface area contributed by atoms with Crippen LogP contribution in [-0.4, -0.2) is 9.55 Å². The summed E-state index contributed by atoms with van der Waals surface area (Å²) in [6.45, 7) is 0. The lowest BCUT2D eigenvalue weighted by Crippen LogP contribution is -1.92. The lowest BCUT2D eigenvalue weighted by atomic mass is 10.1. The van der Waals surface area contributed by atoms with E-state index in [1.807, 2.05) is 18.2 Å². The first kappa shape index (κ1) is 16.8. The highest BCUT2D eigenvalue weighted by Crippen LogP contribution is 2.32. The molecule has 2 nitrogen and oxygen atoms in total. The number of benzene rings is 3. The van der Waals surface area contributed by atoms with E-state index in [1.54, 1.807) is 6.20 Å². The molecule has 5 aromatic rings. The Bertz CT molecular complexity index is 1370. The molecule has 0 radical (unpaired) electrons. The van der Waals surface area contributed by atoms with Crippen molar-refractivity contribution in [2.75, 3.05) is 0 Å². The second kappa shape index (κ2) is 6.99. The Balaban J connectivity index is 1.72. The monoisotopic (exact) mass is 422 g/mol. The van der Waals surface area contributed by atoms with E-state index in [1.165, 1.54) is 21.8 Å². The van der Waals surface area contributed by atoms with E-state index in [-0.39, 0.29) is 0 Å². The van der Waals surface area contributed by atoms with Crippen molar-refractivity contribution >= 4 is 37.7 Å². The molecule has 0 fully saturated rings. The van der Waals surface area contributed by atoms with Gasteiger partial charge in [-0.3, -0.25) is 0 Å². The van der Waals surface area contributed by atoms with Gasteiger partial charge in [-0.25, -0.2) is 4.98 Å². The zero-order chi connectivity index (χ0) is 18.9. The summed E-state index contributed by atoms with van der Waals surface area (Å²) in [6.07, 6.45) is 1.76. The van der Waals surface area contributed by atoms with Gasteiger partial charge in [0.2, 0.25) is 0 Å². The molecule has 0 spiro atoms. The molecule has 0 saturated carbocycles. The van der Waals surface area contributed by atoms with Crippen LogP contribution in [0.25, 0.3) is 27.5 Å². The van der Waals surface area contributed by atoms with Crippen LogP contribution in [0.5, 0.6) is 0 Å². The van der Waals surface area contributed by atoms with Gasteiger partial charge in [0.25, 0.3) is 0 Å². The smallest absolute Gasteiger partial charge is 0.127 e. The summed E-state index contributed by atoms with van der Waals surface area (Å²) < 4.78 is 3.21. The first-order chi connectivity index (χ1) is 13.8. The molecule has 132 valence electrons. The van der Waals surface area contributed by atoms with E-state index in [9.17, 15) is 0 Å². The summed E-state index contributed by atoms with van der Waals surface area (Å²) in [5.74, 6) is 6.42. The number of hydrogen-bond acceptors (Lipinski definition) is 1. The first-order valence-electron chi connectivity index (χ1n) is 9.02. The normalized spacial score (nSPS) is 10.8. The minimum absolute atomic E-state index is 0.745. The van der Waals surface area contributed by atoms with E-state index in [4.69, 9.17) is 0 Å². The van der Waals surface area contributed by atoms with Crippen molar-refractivity contribution in [3.8, 4) is 17.5 Å². The van der Waals surface area contributed by atoms with Crippen LogP contribution in [0, 0.1) is 11.8 Å². The Morgan fingerprint density at radius 2 is 1.50 bits per heavy atom. The van der Waals surface area contributed by atoms with E-state index in [0.717, 1.165) is 21.4 Å². The van der Waals surface area contributed by atoms with Gasteiger partial charge in [0.15, 0.2) is 0 Å². The van der Waals surface area contributed by atoms with E-state index in [2.05, 4.69) is 104 Å². The average molecular weight is 423 g/mol. The van der Waals surface area contributed by atoms with Crippen LogP contribution < -0.4 is 0 Å². The second-order valence-electron chi connectivity index (χ2n) is 6.50. The number of para-hydroxylation sites is 2. The standard InChI is InChI=1S/C25H15BrN2/c26-22-10-6-16-27-23(22)14-12-18-13-15-25-21(17-18)20-9-4-5-11-24(20)28(25)19-7-2-1-3-8-19/h1-11,13,15-17H. The minimum atomic E-state index is 0.745. The van der Waals surface area contributed by atoms with Gasteiger partial charge < -0.3 is 4.57 Å². The van der Waals surface area contributed by atoms with Gasteiger partial charge in [-0.1, -0.05) is 42.3 Å². The molecule has 3 heteroatoms. The summed E-state index contributed by atoms with van der Waals surface area (Å²) in [4.78, 5) is 4.32. The third kappa shape index (κ3) is 2.89. The van der Waals surface area contributed by atoms with Crippen LogP contribution in [-0.2, 0) is 0 Å². The van der Waals surface area contributed by atoms with Crippen molar-refractivity contribution in [1.29, 1.82) is 0 Å². The number of rotatable bonds is 1. The SMILES string of the molecule is Brc1cccnc1C#Cc1ccc2c(c1)c1ccccc1n2-c1ccccc1. The third-order valence-electron chi connectivity index (χ3n) is 4.77. The zero-order valence-electron chi connectivity index (χ0n) is 14.9. The molecule has 0 aliphatic heterocycles. The molecule has 0 saturated heterocycles. The van der Waals surface area contributed by atoms with Crippen LogP contribution in [0.3, 0.4) is 0 Å². The number of hydrogen-bond donors (Lipinski definition) is 0. The Hall–Kier alpha value is -3.35. The highest BCUT2D eigenvalue weighted by atomic mass is 79.9. The maximum absolute atomic E-state index is 4.32. The van der Waals surface area contributed by atoms with Crippen LogP contribution >= 0.6 is 15.9 Å². The van der Waals surface area contributed by atoms with Crippen molar-refractivity contribution in [3.63, 3.8) is 0 Å². The minimum Gasteiger partial charge on any atom is -0.309 e. The second-order valence-corrected chi connectivity index (χ2v) is 7.36. The Morgan fingerprint density at radius 1 is 0.714 bits per heavy atom. The topological polar surface area (TPSA) is 17.8 Å². The quantitative estimate of drug-likeness (QED) is 0.288. The van der Waals surface area contributed by atoms with Crippen molar-refractivity contribution in [2.45, 2.75) is 0 Å². The van der Waals surface area contributed by atoms with Crippen LogP contribution in [0.1, 0.15) is 11.3 Å². The third-order valence-corrected chi connectivity index (χ3v) is 5.41. The van der Waals surface area contributed by atoms with Gasteiger partial charge in [0, 0.05) is 28.2 Å². The molecule has 3 aromatic carbocycles. The predicted molar refractivity (Wildman–Crippen MR) is 119 cm³/mol. The Labute approximate surface area is 171 Å². The highest BCUT2D eigenvalue weighted by molar-refractivity contribution is 9.10. The molecule has 0 atom stereocenters.